The van der Waals surface area contributed by atoms with E-state index in [0.717, 1.165) is 0 Å². The van der Waals surface area contributed by atoms with Crippen LogP contribution in [0.1, 0.15) is 0 Å². The first-order valence-corrected chi connectivity index (χ1v) is 5.58. The van der Waals surface area contributed by atoms with E-state index in [1.165, 1.54) is 0 Å². The van der Waals surface area contributed by atoms with Crippen molar-refractivity contribution in [3.05, 3.63) is 0 Å². The molecule has 1 heterocycles. The molecule has 7 heteroatoms. The van der Waals surface area contributed by atoms with Crippen LogP contribution in [0.15, 0.2) is 0 Å². The van der Waals surface area contributed by atoms with Gasteiger partial charge in [0.15, 0.2) is 0 Å². The van der Waals surface area contributed by atoms with Crippen molar-refractivity contribution in [3.8, 4) is 0 Å². The average molecular weight is 321 g/mol. The third-order valence-corrected chi connectivity index (χ3v) is 7.16. The fourth-order valence-corrected chi connectivity index (χ4v) is 2.36. The molecule has 0 bridgehead atoms. The predicted molar refractivity (Wildman–Crippen MR) is 20.5 cm³/mol. The van der Waals surface area contributed by atoms with Crippen LogP contribution in [0.5, 0.6) is 0 Å². The first-order valence-electron chi connectivity index (χ1n) is 1.07. The molecular weight excluding hydrogens is 319 g/mol. The van der Waals surface area contributed by atoms with Gasteiger partial charge in [-0.3, -0.25) is 0 Å². The van der Waals surface area contributed by atoms with Crippen LogP contribution in [0.25, 0.3) is 0 Å². The van der Waals surface area contributed by atoms with E-state index in [9.17, 15) is 8.42 Å². The standard InChI is InChI=1S/H2O4S.H2O.Pb/c1-5(2,3)4;;/h(H2,1,2,3,4);1H2;/q;;+2/p-2. The fraction of sp³-hybridized carbons (Fsp3) is 0. The summed E-state index contributed by atoms with van der Waals surface area (Å²) in [6, 6.07) is 0. The van der Waals surface area contributed by atoms with Crippen molar-refractivity contribution in [3.63, 3.8) is 0 Å². The van der Waals surface area contributed by atoms with Crippen LogP contribution in [0, 0.1) is 0 Å². The second-order valence-electron chi connectivity index (χ2n) is 0.658. The Morgan fingerprint density at radius 2 is 1.57 bits per heavy atom. The molecule has 0 aromatic rings. The predicted octanol–water partition coefficient (Wildman–Crippen LogP) is -2.01. The molecule has 1 rings (SSSR count). The SMILES string of the molecule is O.O=S1(=O)[O][Pb][O]1. The topological polar surface area (TPSA) is 84.1 Å². The Kier molecular flexibility index (Phi) is 2.60. The molecule has 1 saturated heterocycles. The maximum atomic E-state index is 9.69. The Bertz CT molecular complexity index is 122. The van der Waals surface area contributed by atoms with E-state index >= 15 is 0 Å². The van der Waals surface area contributed by atoms with E-state index in [1.807, 2.05) is 0 Å². The molecule has 0 unspecified atom stereocenters. The van der Waals surface area contributed by atoms with Gasteiger partial charge < -0.3 is 5.48 Å². The third-order valence-electron chi connectivity index (χ3n) is 0.272. The first kappa shape index (κ1) is 7.75. The fourth-order valence-electron chi connectivity index (χ4n) is 0.0896. The summed E-state index contributed by atoms with van der Waals surface area (Å²) >= 11 is -1.47. The Labute approximate surface area is 53.8 Å². The molecular formula is H2O5PbS. The number of hydrogen-bond acceptors (Lipinski definition) is 4. The monoisotopic (exact) mass is 322 g/mol. The number of hydrogen-bond donors (Lipinski definition) is 0. The van der Waals surface area contributed by atoms with Gasteiger partial charge in [0, 0.05) is 0 Å². The molecule has 0 atom stereocenters. The molecule has 2 N–H and O–H groups in total. The van der Waals surface area contributed by atoms with Crippen LogP contribution >= 0.6 is 0 Å². The van der Waals surface area contributed by atoms with Crippen LogP contribution in [0.4, 0.5) is 0 Å². The molecule has 2 radical (unpaired) electrons. The molecule has 0 aromatic carbocycles. The van der Waals surface area contributed by atoms with Crippen molar-refractivity contribution in [1.29, 1.82) is 0 Å². The molecule has 5 nitrogen and oxygen atoms in total. The average Bonchev–Trinajstić information content (AvgIpc) is 1.32. The van der Waals surface area contributed by atoms with Crippen molar-refractivity contribution in [2.24, 2.45) is 0 Å². The van der Waals surface area contributed by atoms with Crippen LogP contribution < -0.4 is 0 Å². The molecule has 0 aromatic heterocycles. The minimum absolute atomic E-state index is 0. The maximum absolute atomic E-state index is 9.69. The summed E-state index contributed by atoms with van der Waals surface area (Å²) in [4.78, 5) is 0. The quantitative estimate of drug-likeness (QED) is 0.483. The normalized spacial score (nSPS) is 24.6. The second kappa shape index (κ2) is 2.35. The number of rotatable bonds is 0. The minimum atomic E-state index is -3.40. The van der Waals surface area contributed by atoms with E-state index < -0.39 is 35.5 Å². The first-order chi connectivity index (χ1) is 2.71. The van der Waals surface area contributed by atoms with E-state index in [1.54, 1.807) is 0 Å². The van der Waals surface area contributed by atoms with Gasteiger partial charge >= 0.3 is 48.2 Å². The Balaban J connectivity index is 0.000000360. The van der Waals surface area contributed by atoms with E-state index in [0.29, 0.717) is 0 Å². The molecule has 42 valence electrons. The summed E-state index contributed by atoms with van der Waals surface area (Å²) in [5.74, 6) is 0. The van der Waals surface area contributed by atoms with E-state index in [-0.39, 0.29) is 5.48 Å². The molecule has 0 saturated carbocycles. The zero-order valence-electron chi connectivity index (χ0n) is 3.04. The Morgan fingerprint density at radius 3 is 1.57 bits per heavy atom. The van der Waals surface area contributed by atoms with Crippen molar-refractivity contribution >= 4 is 35.5 Å². The second-order valence-corrected chi connectivity index (χ2v) is 6.34. The zero-order valence-corrected chi connectivity index (χ0v) is 7.75. The van der Waals surface area contributed by atoms with Gasteiger partial charge in [-0.05, 0) is 0 Å². The van der Waals surface area contributed by atoms with Gasteiger partial charge in [0.1, 0.15) is 0 Å². The summed E-state index contributed by atoms with van der Waals surface area (Å²) in [5, 5.41) is 0. The summed E-state index contributed by atoms with van der Waals surface area (Å²) in [7, 11) is -3.40. The molecule has 7 heavy (non-hydrogen) atoms. The molecule has 1 fully saturated rings. The van der Waals surface area contributed by atoms with Gasteiger partial charge in [0.25, 0.3) is 0 Å². The van der Waals surface area contributed by atoms with Crippen molar-refractivity contribution in [1.82, 2.24) is 0 Å². The third kappa shape index (κ3) is 1.99. The Hall–Kier alpha value is 0.752. The van der Waals surface area contributed by atoms with Crippen LogP contribution in [0.3, 0.4) is 0 Å². The van der Waals surface area contributed by atoms with Gasteiger partial charge in [-0.15, -0.1) is 0 Å². The summed E-state index contributed by atoms with van der Waals surface area (Å²) in [5.41, 5.74) is 0. The summed E-state index contributed by atoms with van der Waals surface area (Å²) in [6.07, 6.45) is 0. The van der Waals surface area contributed by atoms with Gasteiger partial charge in [-0.2, -0.15) is 0 Å². The molecule has 0 amide bonds. The van der Waals surface area contributed by atoms with Gasteiger partial charge in [-0.1, -0.05) is 0 Å². The Morgan fingerprint density at radius 1 is 1.29 bits per heavy atom. The summed E-state index contributed by atoms with van der Waals surface area (Å²) in [6.45, 7) is 0. The van der Waals surface area contributed by atoms with Crippen LogP contribution in [-0.2, 0) is 14.7 Å². The molecule has 0 spiro atoms. The molecule has 1 aliphatic heterocycles. The van der Waals surface area contributed by atoms with Crippen molar-refractivity contribution in [2.75, 3.05) is 0 Å². The van der Waals surface area contributed by atoms with Gasteiger partial charge in [0.2, 0.25) is 0 Å². The molecule has 1 aliphatic rings. The van der Waals surface area contributed by atoms with Crippen molar-refractivity contribution < 1.29 is 18.2 Å². The van der Waals surface area contributed by atoms with Gasteiger partial charge in [-0.25, -0.2) is 0 Å². The van der Waals surface area contributed by atoms with Crippen LogP contribution in [0.2, 0.25) is 0 Å². The summed E-state index contributed by atoms with van der Waals surface area (Å²) < 4.78 is 27.5. The van der Waals surface area contributed by atoms with Crippen molar-refractivity contribution in [2.45, 2.75) is 0 Å². The van der Waals surface area contributed by atoms with Gasteiger partial charge in [0.05, 0.1) is 0 Å². The van der Waals surface area contributed by atoms with E-state index in [4.69, 9.17) is 0 Å². The zero-order chi connectivity index (χ0) is 4.62. The van der Waals surface area contributed by atoms with E-state index in [2.05, 4.69) is 4.27 Å². The van der Waals surface area contributed by atoms with Crippen LogP contribution in [-0.4, -0.2) is 39.0 Å². The molecule has 0 aliphatic carbocycles.